The van der Waals surface area contributed by atoms with Crippen LogP contribution in [-0.4, -0.2) is 28.2 Å². The molecule has 0 saturated carbocycles. The summed E-state index contributed by atoms with van der Waals surface area (Å²) in [5, 5.41) is 0. The van der Waals surface area contributed by atoms with Crippen molar-refractivity contribution in [3.05, 3.63) is 0 Å². The van der Waals surface area contributed by atoms with Crippen molar-refractivity contribution in [3.63, 3.8) is 0 Å². The fraction of sp³-hybridized carbons (Fsp3) is 1.00. The first-order chi connectivity index (χ1) is 4.91. The Balaban J connectivity index is 2.65. The van der Waals surface area contributed by atoms with Gasteiger partial charge in [-0.15, -0.1) is 0 Å². The van der Waals surface area contributed by atoms with E-state index in [-0.39, 0.29) is 21.6 Å². The second kappa shape index (κ2) is 9.76. The molecule has 0 aliphatic rings. The van der Waals surface area contributed by atoms with Gasteiger partial charge < -0.3 is 0 Å². The van der Waals surface area contributed by atoms with Gasteiger partial charge in [0.25, 0.3) is 0 Å². The Morgan fingerprint density at radius 3 is 2.40 bits per heavy atom. The molecule has 0 aromatic heterocycles. The minimum atomic E-state index is -0.363. The molecule has 0 saturated heterocycles. The first-order valence-corrected chi connectivity index (χ1v) is 7.44. The Bertz CT molecular complexity index is 49.2. The Morgan fingerprint density at radius 2 is 1.80 bits per heavy atom. The van der Waals surface area contributed by atoms with Crippen LogP contribution in [0.15, 0.2) is 0 Å². The average molecular weight is 249 g/mol. The van der Waals surface area contributed by atoms with E-state index < -0.39 is 0 Å². The summed E-state index contributed by atoms with van der Waals surface area (Å²) in [6.07, 6.45) is 5.25. The van der Waals surface area contributed by atoms with Gasteiger partial charge in [-0.3, -0.25) is 0 Å². The molecular formula is C8H18OSn. The van der Waals surface area contributed by atoms with Gasteiger partial charge in [0, 0.05) is 0 Å². The molecule has 0 heterocycles. The molecule has 0 amide bonds. The summed E-state index contributed by atoms with van der Waals surface area (Å²) in [4.78, 5) is 0. The number of unbranched alkanes of at least 4 members (excludes halogenated alkanes) is 2. The van der Waals surface area contributed by atoms with Gasteiger partial charge in [0.15, 0.2) is 0 Å². The van der Waals surface area contributed by atoms with E-state index in [1.165, 1.54) is 30.1 Å². The number of hydrogen-bond donors (Lipinski definition) is 0. The van der Waals surface area contributed by atoms with E-state index in [1.54, 1.807) is 0 Å². The first kappa shape index (κ1) is 10.8. The van der Waals surface area contributed by atoms with E-state index in [9.17, 15) is 0 Å². The normalized spacial score (nSPS) is 10.2. The third kappa shape index (κ3) is 8.76. The SMILES string of the molecule is CCCC[O][Sn][CH2]CCC. The number of hydrogen-bond acceptors (Lipinski definition) is 1. The zero-order valence-corrected chi connectivity index (χ0v) is 10.0. The van der Waals surface area contributed by atoms with Crippen molar-refractivity contribution in [2.45, 2.75) is 44.0 Å². The zero-order chi connectivity index (χ0) is 7.66. The van der Waals surface area contributed by atoms with E-state index >= 15 is 0 Å². The van der Waals surface area contributed by atoms with Crippen LogP contribution in [0.25, 0.3) is 0 Å². The summed E-state index contributed by atoms with van der Waals surface area (Å²) >= 11 is -0.363. The van der Waals surface area contributed by atoms with Crippen molar-refractivity contribution < 1.29 is 3.07 Å². The fourth-order valence-corrected chi connectivity index (χ4v) is 3.27. The molecule has 2 heteroatoms. The molecular weight excluding hydrogens is 231 g/mol. The molecule has 0 rings (SSSR count). The Hall–Kier alpha value is 0.759. The van der Waals surface area contributed by atoms with Crippen LogP contribution < -0.4 is 0 Å². The van der Waals surface area contributed by atoms with E-state index in [2.05, 4.69) is 13.8 Å². The van der Waals surface area contributed by atoms with Crippen LogP contribution in [0.4, 0.5) is 0 Å². The quantitative estimate of drug-likeness (QED) is 0.497. The minimum absolute atomic E-state index is 0.363. The molecule has 0 aromatic rings. The monoisotopic (exact) mass is 250 g/mol. The van der Waals surface area contributed by atoms with Crippen LogP contribution in [0.2, 0.25) is 4.44 Å². The summed E-state index contributed by atoms with van der Waals surface area (Å²) in [6.45, 7) is 5.48. The fourth-order valence-electron chi connectivity index (χ4n) is 0.610. The predicted octanol–water partition coefficient (Wildman–Crippen LogP) is 2.64. The van der Waals surface area contributed by atoms with E-state index in [0.29, 0.717) is 0 Å². The topological polar surface area (TPSA) is 9.23 Å². The molecule has 1 nitrogen and oxygen atoms in total. The van der Waals surface area contributed by atoms with Crippen LogP contribution in [0.1, 0.15) is 39.5 Å². The standard InChI is InChI=1S/C4H9O.C4H9.Sn/c1-2-3-4-5;1-3-4-2;/h2-4H2,1H3;1,3-4H2,2H3;/q-1;;+1. The molecule has 0 aliphatic heterocycles. The van der Waals surface area contributed by atoms with Crippen LogP contribution in [0.3, 0.4) is 0 Å². The molecule has 0 bridgehead atoms. The predicted molar refractivity (Wildman–Crippen MR) is 46.3 cm³/mol. The van der Waals surface area contributed by atoms with Crippen LogP contribution in [0, 0.1) is 0 Å². The van der Waals surface area contributed by atoms with Gasteiger partial charge in [0.2, 0.25) is 0 Å². The Kier molecular flexibility index (Phi) is 10.5. The van der Waals surface area contributed by atoms with Gasteiger partial charge >= 0.3 is 75.2 Å². The van der Waals surface area contributed by atoms with Gasteiger partial charge in [-0.2, -0.15) is 0 Å². The number of rotatable bonds is 7. The van der Waals surface area contributed by atoms with Gasteiger partial charge in [-0.05, 0) is 0 Å². The molecule has 10 heavy (non-hydrogen) atoms. The molecule has 0 unspecified atom stereocenters. The second-order valence-electron chi connectivity index (χ2n) is 2.45. The second-order valence-corrected chi connectivity index (χ2v) is 5.52. The van der Waals surface area contributed by atoms with Gasteiger partial charge in [-0.1, -0.05) is 0 Å². The summed E-state index contributed by atoms with van der Waals surface area (Å²) in [5.41, 5.74) is 0. The summed E-state index contributed by atoms with van der Waals surface area (Å²) in [7, 11) is 0. The van der Waals surface area contributed by atoms with Gasteiger partial charge in [0.05, 0.1) is 0 Å². The molecule has 0 spiro atoms. The van der Waals surface area contributed by atoms with Gasteiger partial charge in [0.1, 0.15) is 0 Å². The van der Waals surface area contributed by atoms with Crippen molar-refractivity contribution >= 4 is 21.6 Å². The van der Waals surface area contributed by atoms with Crippen LogP contribution >= 0.6 is 0 Å². The van der Waals surface area contributed by atoms with E-state index in [1.807, 2.05) is 0 Å². The van der Waals surface area contributed by atoms with Crippen molar-refractivity contribution in [1.29, 1.82) is 0 Å². The van der Waals surface area contributed by atoms with Crippen molar-refractivity contribution in [2.24, 2.45) is 0 Å². The molecule has 0 aromatic carbocycles. The maximum absolute atomic E-state index is 5.55. The van der Waals surface area contributed by atoms with Crippen LogP contribution in [-0.2, 0) is 3.07 Å². The summed E-state index contributed by atoms with van der Waals surface area (Å²) < 4.78 is 6.95. The molecule has 0 N–H and O–H groups in total. The van der Waals surface area contributed by atoms with Crippen LogP contribution in [0.5, 0.6) is 0 Å². The third-order valence-electron chi connectivity index (χ3n) is 1.33. The van der Waals surface area contributed by atoms with Crippen molar-refractivity contribution in [3.8, 4) is 0 Å². The van der Waals surface area contributed by atoms with E-state index in [0.717, 1.165) is 6.61 Å². The molecule has 0 aliphatic carbocycles. The molecule has 60 valence electrons. The third-order valence-corrected chi connectivity index (χ3v) is 4.09. The molecule has 0 fully saturated rings. The van der Waals surface area contributed by atoms with Crippen molar-refractivity contribution in [2.75, 3.05) is 6.61 Å². The van der Waals surface area contributed by atoms with Crippen molar-refractivity contribution in [1.82, 2.24) is 0 Å². The molecule has 0 atom stereocenters. The first-order valence-electron chi connectivity index (χ1n) is 4.26. The summed E-state index contributed by atoms with van der Waals surface area (Å²) in [6, 6.07) is 0. The Labute approximate surface area is 75.3 Å². The Morgan fingerprint density at radius 1 is 1.10 bits per heavy atom. The van der Waals surface area contributed by atoms with E-state index in [4.69, 9.17) is 3.07 Å². The molecule has 2 radical (unpaired) electrons. The average Bonchev–Trinajstić information content (AvgIpc) is 1.97. The zero-order valence-electron chi connectivity index (χ0n) is 7.15. The van der Waals surface area contributed by atoms with Gasteiger partial charge in [-0.25, -0.2) is 0 Å². The maximum atomic E-state index is 5.55. The summed E-state index contributed by atoms with van der Waals surface area (Å²) in [5.74, 6) is 0.